The van der Waals surface area contributed by atoms with Crippen molar-refractivity contribution in [3.8, 4) is 0 Å². The molecule has 1 aromatic rings. The number of benzene rings is 1. The monoisotopic (exact) mass is 231 g/mol. The lowest BCUT2D eigenvalue weighted by Crippen LogP contribution is -2.05. The zero-order chi connectivity index (χ0) is 10.6. The Kier molecular flexibility index (Phi) is 4.75. The van der Waals surface area contributed by atoms with Crippen LogP contribution < -0.4 is 5.48 Å². The largest absolute Gasteiger partial charge is 0.316 e. The van der Waals surface area contributed by atoms with Crippen LogP contribution in [-0.4, -0.2) is 10.5 Å². The second-order valence-corrected chi connectivity index (χ2v) is 5.29. The van der Waals surface area contributed by atoms with Gasteiger partial charge in [0, 0.05) is 16.7 Å². The summed E-state index contributed by atoms with van der Waals surface area (Å²) >= 11 is 7.82. The van der Waals surface area contributed by atoms with Gasteiger partial charge < -0.3 is 5.21 Å². The summed E-state index contributed by atoms with van der Waals surface area (Å²) in [6.45, 7) is 4.68. The Morgan fingerprint density at radius 2 is 2.21 bits per heavy atom. The van der Waals surface area contributed by atoms with E-state index in [0.717, 1.165) is 15.5 Å². The van der Waals surface area contributed by atoms with Crippen molar-refractivity contribution in [2.75, 3.05) is 0 Å². The number of halogens is 1. The second-order valence-electron chi connectivity index (χ2n) is 3.27. The number of hydrogen-bond donors (Lipinski definition) is 2. The summed E-state index contributed by atoms with van der Waals surface area (Å²) in [7, 11) is 0. The molecule has 1 aromatic carbocycles. The minimum absolute atomic E-state index is 0.423. The molecular formula is C10H14ClNOS. The van der Waals surface area contributed by atoms with Gasteiger partial charge in [0.25, 0.3) is 0 Å². The van der Waals surface area contributed by atoms with Gasteiger partial charge in [-0.3, -0.25) is 0 Å². The van der Waals surface area contributed by atoms with Gasteiger partial charge in [0.1, 0.15) is 0 Å². The molecule has 0 radical (unpaired) electrons. The molecule has 0 heterocycles. The molecule has 0 aromatic heterocycles. The Morgan fingerprint density at radius 3 is 2.71 bits per heavy atom. The smallest absolute Gasteiger partial charge is 0.0545 e. The van der Waals surface area contributed by atoms with E-state index in [0.29, 0.717) is 11.8 Å². The fraction of sp³-hybridized carbons (Fsp3) is 0.400. The molecule has 0 unspecified atom stereocenters. The van der Waals surface area contributed by atoms with E-state index in [-0.39, 0.29) is 0 Å². The highest BCUT2D eigenvalue weighted by Crippen LogP contribution is 2.30. The number of thioether (sulfide) groups is 1. The summed E-state index contributed by atoms with van der Waals surface area (Å²) < 4.78 is 0. The zero-order valence-electron chi connectivity index (χ0n) is 8.25. The molecule has 0 aliphatic carbocycles. The first kappa shape index (κ1) is 11.9. The van der Waals surface area contributed by atoms with Crippen molar-refractivity contribution < 1.29 is 5.21 Å². The SMILES string of the molecule is CC(C)Sc1ccc(CNO)cc1Cl. The molecule has 0 atom stereocenters. The Hall–Kier alpha value is -0.220. The van der Waals surface area contributed by atoms with E-state index in [4.69, 9.17) is 16.8 Å². The molecule has 78 valence electrons. The van der Waals surface area contributed by atoms with E-state index in [9.17, 15) is 0 Å². The third-order valence-corrected chi connectivity index (χ3v) is 3.15. The first-order valence-electron chi connectivity index (χ1n) is 4.45. The lowest BCUT2D eigenvalue weighted by atomic mass is 10.2. The van der Waals surface area contributed by atoms with Gasteiger partial charge >= 0.3 is 0 Å². The highest BCUT2D eigenvalue weighted by atomic mass is 35.5. The lowest BCUT2D eigenvalue weighted by Gasteiger charge is -2.08. The molecule has 14 heavy (non-hydrogen) atoms. The number of rotatable bonds is 4. The number of nitrogens with one attached hydrogen (secondary N) is 1. The Balaban J connectivity index is 2.79. The summed E-state index contributed by atoms with van der Waals surface area (Å²) in [6, 6.07) is 5.81. The maximum atomic E-state index is 8.53. The highest BCUT2D eigenvalue weighted by Gasteiger charge is 2.04. The maximum Gasteiger partial charge on any atom is 0.0545 e. The fourth-order valence-corrected chi connectivity index (χ4v) is 2.26. The van der Waals surface area contributed by atoms with Crippen LogP contribution in [0, 0.1) is 0 Å². The van der Waals surface area contributed by atoms with Crippen molar-refractivity contribution in [3.63, 3.8) is 0 Å². The molecule has 4 heteroatoms. The third kappa shape index (κ3) is 3.50. The van der Waals surface area contributed by atoms with Gasteiger partial charge in [0.15, 0.2) is 0 Å². The zero-order valence-corrected chi connectivity index (χ0v) is 9.82. The van der Waals surface area contributed by atoms with Gasteiger partial charge in [0.05, 0.1) is 5.02 Å². The second kappa shape index (κ2) is 5.61. The molecule has 0 amide bonds. The molecule has 1 rings (SSSR count). The third-order valence-electron chi connectivity index (χ3n) is 1.64. The number of hydroxylamine groups is 1. The molecular weight excluding hydrogens is 218 g/mol. The minimum atomic E-state index is 0.423. The molecule has 0 saturated carbocycles. The van der Waals surface area contributed by atoms with Gasteiger partial charge in [-0.1, -0.05) is 31.5 Å². The van der Waals surface area contributed by atoms with Crippen LogP contribution in [0.4, 0.5) is 0 Å². The van der Waals surface area contributed by atoms with Gasteiger partial charge in [-0.2, -0.15) is 0 Å². The first-order chi connectivity index (χ1) is 6.63. The van der Waals surface area contributed by atoms with Crippen molar-refractivity contribution in [2.24, 2.45) is 0 Å². The molecule has 0 bridgehead atoms. The Morgan fingerprint density at radius 1 is 1.50 bits per heavy atom. The topological polar surface area (TPSA) is 32.3 Å². The molecule has 0 spiro atoms. The van der Waals surface area contributed by atoms with Crippen LogP contribution >= 0.6 is 23.4 Å². The highest BCUT2D eigenvalue weighted by molar-refractivity contribution is 8.00. The molecule has 2 nitrogen and oxygen atoms in total. The quantitative estimate of drug-likeness (QED) is 0.616. The fourth-order valence-electron chi connectivity index (χ4n) is 1.10. The predicted octanol–water partition coefficient (Wildman–Crippen LogP) is 3.32. The first-order valence-corrected chi connectivity index (χ1v) is 5.71. The maximum absolute atomic E-state index is 8.53. The van der Waals surface area contributed by atoms with Gasteiger partial charge in [0.2, 0.25) is 0 Å². The average Bonchev–Trinajstić information content (AvgIpc) is 2.10. The molecule has 0 fully saturated rings. The lowest BCUT2D eigenvalue weighted by molar-refractivity contribution is 0.161. The Labute approximate surface area is 93.6 Å². The van der Waals surface area contributed by atoms with Crippen molar-refractivity contribution in [1.82, 2.24) is 5.48 Å². The van der Waals surface area contributed by atoms with E-state index in [1.807, 2.05) is 18.2 Å². The van der Waals surface area contributed by atoms with Gasteiger partial charge in [-0.25, -0.2) is 5.48 Å². The van der Waals surface area contributed by atoms with Crippen molar-refractivity contribution >= 4 is 23.4 Å². The molecule has 0 aliphatic heterocycles. The average molecular weight is 232 g/mol. The minimum Gasteiger partial charge on any atom is -0.316 e. The molecule has 0 aliphatic rings. The van der Waals surface area contributed by atoms with Crippen molar-refractivity contribution in [1.29, 1.82) is 0 Å². The summed E-state index contributed by atoms with van der Waals surface area (Å²) in [5.74, 6) is 0. The molecule has 0 saturated heterocycles. The normalized spacial score (nSPS) is 10.9. The van der Waals surface area contributed by atoms with E-state index < -0.39 is 0 Å². The van der Waals surface area contributed by atoms with Crippen LogP contribution in [0.25, 0.3) is 0 Å². The molecule has 2 N–H and O–H groups in total. The van der Waals surface area contributed by atoms with Crippen LogP contribution in [0.15, 0.2) is 23.1 Å². The van der Waals surface area contributed by atoms with Crippen LogP contribution in [0.3, 0.4) is 0 Å². The van der Waals surface area contributed by atoms with E-state index in [1.165, 1.54) is 0 Å². The van der Waals surface area contributed by atoms with Crippen LogP contribution in [0.1, 0.15) is 19.4 Å². The number of hydrogen-bond acceptors (Lipinski definition) is 3. The Bertz CT molecular complexity index is 304. The van der Waals surface area contributed by atoms with Crippen LogP contribution in [0.2, 0.25) is 5.02 Å². The van der Waals surface area contributed by atoms with E-state index in [2.05, 4.69) is 19.3 Å². The summed E-state index contributed by atoms with van der Waals surface area (Å²) in [5, 5.41) is 9.80. The summed E-state index contributed by atoms with van der Waals surface area (Å²) in [4.78, 5) is 1.09. The van der Waals surface area contributed by atoms with Crippen LogP contribution in [-0.2, 0) is 6.54 Å². The summed E-state index contributed by atoms with van der Waals surface area (Å²) in [5.41, 5.74) is 3.08. The predicted molar refractivity (Wildman–Crippen MR) is 61.1 cm³/mol. The standard InChI is InChI=1S/C10H14ClNOS/c1-7(2)14-10-4-3-8(6-12-13)5-9(10)11/h3-5,7,12-13H,6H2,1-2H3. The van der Waals surface area contributed by atoms with E-state index >= 15 is 0 Å². The summed E-state index contributed by atoms with van der Waals surface area (Å²) in [6.07, 6.45) is 0. The van der Waals surface area contributed by atoms with Crippen molar-refractivity contribution in [3.05, 3.63) is 28.8 Å². The van der Waals surface area contributed by atoms with Gasteiger partial charge in [-0.15, -0.1) is 11.8 Å². The van der Waals surface area contributed by atoms with Crippen molar-refractivity contribution in [2.45, 2.75) is 30.5 Å². The van der Waals surface area contributed by atoms with Crippen LogP contribution in [0.5, 0.6) is 0 Å². The van der Waals surface area contributed by atoms with Gasteiger partial charge in [-0.05, 0) is 17.7 Å². The van der Waals surface area contributed by atoms with E-state index in [1.54, 1.807) is 11.8 Å².